The van der Waals surface area contributed by atoms with Gasteiger partial charge in [0.15, 0.2) is 0 Å². The van der Waals surface area contributed by atoms with Gasteiger partial charge in [0.2, 0.25) is 10.4 Å². The van der Waals surface area contributed by atoms with Gasteiger partial charge in [-0.05, 0) is 19.3 Å². The summed E-state index contributed by atoms with van der Waals surface area (Å²) in [6.45, 7) is 0.395. The zero-order valence-corrected chi connectivity index (χ0v) is 16.9. The summed E-state index contributed by atoms with van der Waals surface area (Å²) in [4.78, 5) is 30.5. The number of nitrogens with one attached hydrogen (secondary N) is 2. The Hall–Kier alpha value is -0.540. The van der Waals surface area contributed by atoms with Crippen LogP contribution in [0.2, 0.25) is 0 Å². The van der Waals surface area contributed by atoms with E-state index in [1.165, 1.54) is 0 Å². The Kier molecular flexibility index (Phi) is 7.23. The molecule has 3 aliphatic rings. The number of rotatable bonds is 6. The summed E-state index contributed by atoms with van der Waals surface area (Å²) in [6.07, 6.45) is -0.0888. The van der Waals surface area contributed by atoms with E-state index in [1.54, 1.807) is 0 Å². The summed E-state index contributed by atoms with van der Waals surface area (Å²) in [6, 6.07) is -2.53. The minimum Gasteiger partial charge on any atom is -0.724 e. The Balaban J connectivity index is 0.00000243. The number of carbonyl (C=O) groups excluding carboxylic acids is 2. The van der Waals surface area contributed by atoms with E-state index < -0.39 is 40.6 Å². The molecule has 0 saturated carbocycles. The van der Waals surface area contributed by atoms with Gasteiger partial charge in [-0.2, -0.15) is 9.35 Å². The maximum absolute atomic E-state index is 13.0. The molecule has 0 aromatic rings. The van der Waals surface area contributed by atoms with E-state index in [2.05, 4.69) is 15.1 Å². The molecule has 0 aliphatic carbocycles. The number of fused-ring (bicyclic) bond motifs is 2. The number of carbonyl (C=O) groups is 2. The summed E-state index contributed by atoms with van der Waals surface area (Å²) in [5, 5.41) is 3.40. The van der Waals surface area contributed by atoms with Gasteiger partial charge >= 0.3 is 35.6 Å². The zero-order chi connectivity index (χ0) is 18.2. The zero-order valence-electron chi connectivity index (χ0n) is 14.1. The molecular weight excluding hydrogens is 386 g/mol. The van der Waals surface area contributed by atoms with Crippen molar-refractivity contribution in [2.75, 3.05) is 19.7 Å². The van der Waals surface area contributed by atoms with Crippen molar-refractivity contribution in [1.82, 2.24) is 20.8 Å². The molecule has 2 N–H and O–H groups in total. The average molecular weight is 404 g/mol. The molecular formula is C12H18FN4NaO7S. The van der Waals surface area contributed by atoms with Crippen LogP contribution in [0.15, 0.2) is 0 Å². The van der Waals surface area contributed by atoms with Crippen molar-refractivity contribution < 1.29 is 65.6 Å². The molecule has 3 rings (SSSR count). The van der Waals surface area contributed by atoms with Crippen LogP contribution in [-0.4, -0.2) is 78.9 Å². The van der Waals surface area contributed by atoms with E-state index in [0.29, 0.717) is 17.9 Å². The van der Waals surface area contributed by atoms with Gasteiger partial charge in [-0.3, -0.25) is 9.63 Å². The van der Waals surface area contributed by atoms with Gasteiger partial charge in [-0.1, -0.05) is 0 Å². The van der Waals surface area contributed by atoms with E-state index in [0.717, 1.165) is 4.90 Å². The number of amides is 3. The van der Waals surface area contributed by atoms with Crippen LogP contribution in [0.3, 0.4) is 0 Å². The Morgan fingerprint density at radius 1 is 1.42 bits per heavy atom. The molecule has 26 heavy (non-hydrogen) atoms. The number of halogens is 1. The van der Waals surface area contributed by atoms with Crippen LogP contribution >= 0.6 is 0 Å². The molecule has 3 aliphatic heterocycles. The molecule has 3 heterocycles. The number of nitrogens with zero attached hydrogens (tertiary/aromatic N) is 2. The molecule has 0 spiro atoms. The molecule has 0 aromatic carbocycles. The molecule has 3 saturated heterocycles. The fourth-order valence-corrected chi connectivity index (χ4v) is 3.66. The number of hydroxylamine groups is 3. The third-order valence-corrected chi connectivity index (χ3v) is 4.77. The first-order valence-corrected chi connectivity index (χ1v) is 9.12. The fourth-order valence-electron chi connectivity index (χ4n) is 3.28. The Morgan fingerprint density at radius 2 is 2.15 bits per heavy atom. The first-order chi connectivity index (χ1) is 11.7. The second-order valence-corrected chi connectivity index (χ2v) is 7.17. The van der Waals surface area contributed by atoms with Crippen LogP contribution in [0.4, 0.5) is 9.18 Å². The molecule has 11 nitrogen and oxygen atoms in total. The average Bonchev–Trinajstić information content (AvgIpc) is 3.04. The normalized spacial score (nSPS) is 31.1. The Labute approximate surface area is 171 Å². The molecule has 14 heteroatoms. The standard InChI is InChI=1S/C12H19FN4O7S.Na/c13-7-3-8(14-4-7)6-23-15-11(18)10-2-1-9-5-16(10)12(19)17(9)24-25(20,21)22;/h7-10,14H,1-6H2,(H,15,18)(H,20,21,22);/q;+1/p-1/t7-,8-,9+,10-;/m0./s1. The van der Waals surface area contributed by atoms with Gasteiger partial charge in [-0.15, -0.1) is 0 Å². The van der Waals surface area contributed by atoms with Crippen molar-refractivity contribution >= 4 is 22.3 Å². The molecule has 0 radical (unpaired) electrons. The van der Waals surface area contributed by atoms with Crippen LogP contribution in [0.1, 0.15) is 19.3 Å². The summed E-state index contributed by atoms with van der Waals surface area (Å²) in [7, 11) is -5.08. The number of urea groups is 1. The van der Waals surface area contributed by atoms with Crippen molar-refractivity contribution in [3.8, 4) is 0 Å². The largest absolute Gasteiger partial charge is 1.00 e. The van der Waals surface area contributed by atoms with Crippen LogP contribution in [-0.2, 0) is 24.3 Å². The summed E-state index contributed by atoms with van der Waals surface area (Å²) in [5.41, 5.74) is 2.23. The monoisotopic (exact) mass is 404 g/mol. The van der Waals surface area contributed by atoms with Crippen molar-refractivity contribution in [2.45, 2.75) is 43.6 Å². The van der Waals surface area contributed by atoms with Crippen molar-refractivity contribution in [3.05, 3.63) is 0 Å². The van der Waals surface area contributed by atoms with Crippen molar-refractivity contribution in [2.24, 2.45) is 0 Å². The van der Waals surface area contributed by atoms with Gasteiger partial charge < -0.3 is 14.8 Å². The van der Waals surface area contributed by atoms with Crippen molar-refractivity contribution in [3.63, 3.8) is 0 Å². The van der Waals surface area contributed by atoms with Crippen LogP contribution in [0.5, 0.6) is 0 Å². The molecule has 0 aromatic heterocycles. The topological polar surface area (TPSA) is 140 Å². The number of hydrogen-bond acceptors (Lipinski definition) is 8. The fraction of sp³-hybridized carbons (Fsp3) is 0.833. The van der Waals surface area contributed by atoms with Crippen LogP contribution in [0.25, 0.3) is 0 Å². The van der Waals surface area contributed by atoms with E-state index in [4.69, 9.17) is 4.84 Å². The SMILES string of the molecule is O=C(NOC[C@@H]1C[C@H](F)CN1)[C@@H]1CC[C@@H]2CN1C(=O)N2OS(=O)(=O)[O-].[Na+]. The van der Waals surface area contributed by atoms with E-state index in [-0.39, 0.29) is 61.7 Å². The molecule has 3 amide bonds. The van der Waals surface area contributed by atoms with Gasteiger partial charge in [0.1, 0.15) is 12.2 Å². The number of alkyl halides is 1. The molecule has 2 bridgehead atoms. The maximum atomic E-state index is 13.0. The summed E-state index contributed by atoms with van der Waals surface area (Å²) < 4.78 is 49.3. The Morgan fingerprint density at radius 3 is 2.77 bits per heavy atom. The molecule has 0 unspecified atom stereocenters. The second kappa shape index (κ2) is 8.65. The molecule has 4 atom stereocenters. The minimum absolute atomic E-state index is 0. The number of piperidine rings is 1. The van der Waals surface area contributed by atoms with Crippen molar-refractivity contribution in [1.29, 1.82) is 0 Å². The minimum atomic E-state index is -5.08. The maximum Gasteiger partial charge on any atom is 1.00 e. The van der Waals surface area contributed by atoms with Gasteiger partial charge in [-0.25, -0.2) is 23.1 Å². The molecule has 142 valence electrons. The van der Waals surface area contributed by atoms with Gasteiger partial charge in [0.25, 0.3) is 5.91 Å². The van der Waals surface area contributed by atoms with E-state index >= 15 is 0 Å². The van der Waals surface area contributed by atoms with Gasteiger partial charge in [0.05, 0.1) is 12.6 Å². The molecule has 3 fully saturated rings. The predicted octanol–water partition coefficient (Wildman–Crippen LogP) is -4.60. The number of hydrogen-bond donors (Lipinski definition) is 2. The quantitative estimate of drug-likeness (QED) is 0.195. The van der Waals surface area contributed by atoms with E-state index in [9.17, 15) is 27.0 Å². The van der Waals surface area contributed by atoms with Gasteiger partial charge in [0, 0.05) is 19.1 Å². The smallest absolute Gasteiger partial charge is 0.724 e. The predicted molar refractivity (Wildman–Crippen MR) is 76.9 cm³/mol. The third kappa shape index (κ3) is 5.04. The first kappa shape index (κ1) is 21.8. The van der Waals surface area contributed by atoms with E-state index in [1.807, 2.05) is 0 Å². The Bertz CT molecular complexity index is 653. The van der Waals surface area contributed by atoms with Crippen LogP contribution < -0.4 is 40.4 Å². The summed E-state index contributed by atoms with van der Waals surface area (Å²) in [5.74, 6) is -0.576. The first-order valence-electron chi connectivity index (χ1n) is 7.79. The third-order valence-electron chi connectivity index (χ3n) is 4.42. The summed E-state index contributed by atoms with van der Waals surface area (Å²) >= 11 is 0. The second-order valence-electron chi connectivity index (χ2n) is 6.21. The van der Waals surface area contributed by atoms with Crippen LogP contribution in [0, 0.1) is 0 Å².